The van der Waals surface area contributed by atoms with E-state index in [1.165, 1.54) is 18.3 Å². The van der Waals surface area contributed by atoms with E-state index in [0.717, 1.165) is 22.8 Å². The summed E-state index contributed by atoms with van der Waals surface area (Å²) in [4.78, 5) is 24.0. The van der Waals surface area contributed by atoms with Crippen LogP contribution in [0.5, 0.6) is 0 Å². The zero-order chi connectivity index (χ0) is 26.4. The van der Waals surface area contributed by atoms with Gasteiger partial charge in [-0.25, -0.2) is 23.1 Å². The minimum absolute atomic E-state index is 0. The lowest BCUT2D eigenvalue weighted by Crippen LogP contribution is -2.41. The third kappa shape index (κ3) is 4.74. The van der Waals surface area contributed by atoms with Gasteiger partial charge in [-0.05, 0) is 67.3 Å². The standard InChI is InChI=1S/C28H29N5O3S.H2/c1-18-16-28(2,3)33(17-18)26-22(27(34)32-37(35,36)24-9-6-14-30-25(24)29)12-13-23(31-26)21-11-10-19-7-4-5-8-20(19)15-21;/h4-15,18H,16-17H2,1-3H3,(H2,29,30)(H,32,34);1H/t18-;/m0./s1. The minimum atomic E-state index is -4.24. The highest BCUT2D eigenvalue weighted by Crippen LogP contribution is 2.38. The van der Waals surface area contributed by atoms with Gasteiger partial charge in [-0.1, -0.05) is 43.3 Å². The molecule has 2 aromatic carbocycles. The van der Waals surface area contributed by atoms with Crippen molar-refractivity contribution in [3.05, 3.63) is 78.5 Å². The summed E-state index contributed by atoms with van der Waals surface area (Å²) >= 11 is 0. The van der Waals surface area contributed by atoms with Gasteiger partial charge >= 0.3 is 0 Å². The van der Waals surface area contributed by atoms with Gasteiger partial charge in [0.05, 0.1) is 11.3 Å². The number of carbonyl (C=O) groups excluding carboxylic acids is 1. The molecule has 0 spiro atoms. The topological polar surface area (TPSA) is 118 Å². The van der Waals surface area contributed by atoms with Crippen molar-refractivity contribution in [2.45, 2.75) is 37.6 Å². The summed E-state index contributed by atoms with van der Waals surface area (Å²) in [5.41, 5.74) is 7.28. The Balaban J connectivity index is 0.00000336. The molecular weight excluding hydrogens is 486 g/mol. The molecule has 37 heavy (non-hydrogen) atoms. The van der Waals surface area contributed by atoms with Gasteiger partial charge in [-0.15, -0.1) is 0 Å². The van der Waals surface area contributed by atoms with Crippen LogP contribution in [0.2, 0.25) is 0 Å². The van der Waals surface area contributed by atoms with Crippen LogP contribution >= 0.6 is 0 Å². The fourth-order valence-corrected chi connectivity index (χ4v) is 6.21. The van der Waals surface area contributed by atoms with Crippen molar-refractivity contribution in [3.8, 4) is 11.3 Å². The normalized spacial score (nSPS) is 17.2. The fraction of sp³-hybridized carbons (Fsp3) is 0.250. The van der Waals surface area contributed by atoms with Crippen LogP contribution in [0.4, 0.5) is 11.6 Å². The maximum absolute atomic E-state index is 13.4. The molecule has 3 N–H and O–H groups in total. The number of benzene rings is 2. The number of nitrogens with zero attached hydrogens (tertiary/aromatic N) is 3. The summed E-state index contributed by atoms with van der Waals surface area (Å²) in [6.07, 6.45) is 2.31. The number of sulfonamides is 1. The Morgan fingerprint density at radius 2 is 1.84 bits per heavy atom. The van der Waals surface area contributed by atoms with E-state index >= 15 is 0 Å². The van der Waals surface area contributed by atoms with Gasteiger partial charge in [-0.2, -0.15) is 0 Å². The monoisotopic (exact) mass is 517 g/mol. The number of anilines is 2. The molecule has 1 aliphatic heterocycles. The van der Waals surface area contributed by atoms with E-state index in [2.05, 4.69) is 47.5 Å². The number of hydrogen-bond donors (Lipinski definition) is 2. The van der Waals surface area contributed by atoms with Gasteiger partial charge in [-0.3, -0.25) is 4.79 Å². The number of amides is 1. The van der Waals surface area contributed by atoms with Crippen LogP contribution < -0.4 is 15.4 Å². The number of aromatic nitrogens is 2. The van der Waals surface area contributed by atoms with Crippen molar-refractivity contribution in [2.75, 3.05) is 17.2 Å². The molecule has 5 rings (SSSR count). The molecular formula is C28H31N5O3S. The summed E-state index contributed by atoms with van der Waals surface area (Å²) in [7, 11) is -4.24. The Morgan fingerprint density at radius 3 is 2.54 bits per heavy atom. The highest BCUT2D eigenvalue weighted by Gasteiger charge is 2.39. The molecule has 1 amide bonds. The van der Waals surface area contributed by atoms with E-state index in [1.807, 2.05) is 30.3 Å². The molecule has 1 saturated heterocycles. The van der Waals surface area contributed by atoms with E-state index in [0.29, 0.717) is 24.0 Å². The second kappa shape index (κ2) is 9.15. The van der Waals surface area contributed by atoms with E-state index in [1.54, 1.807) is 12.1 Å². The Hall–Kier alpha value is -3.98. The minimum Gasteiger partial charge on any atom is -0.383 e. The first kappa shape index (κ1) is 24.7. The molecule has 9 heteroatoms. The molecule has 0 radical (unpaired) electrons. The Kier molecular flexibility index (Phi) is 6.11. The van der Waals surface area contributed by atoms with Crippen LogP contribution in [-0.4, -0.2) is 36.4 Å². The Bertz CT molecular complexity index is 1620. The molecule has 0 bridgehead atoms. The first-order chi connectivity index (χ1) is 17.5. The predicted molar refractivity (Wildman–Crippen MR) is 148 cm³/mol. The lowest BCUT2D eigenvalue weighted by atomic mass is 9.97. The van der Waals surface area contributed by atoms with Gasteiger partial charge in [0, 0.05) is 25.3 Å². The highest BCUT2D eigenvalue weighted by atomic mass is 32.2. The second-order valence-corrected chi connectivity index (χ2v) is 11.8. The van der Waals surface area contributed by atoms with E-state index in [4.69, 9.17) is 10.7 Å². The van der Waals surface area contributed by atoms with Gasteiger partial charge in [0.2, 0.25) is 0 Å². The molecule has 8 nitrogen and oxygen atoms in total. The molecule has 1 fully saturated rings. The maximum Gasteiger partial charge on any atom is 0.268 e. The van der Waals surface area contributed by atoms with Crippen molar-refractivity contribution in [3.63, 3.8) is 0 Å². The van der Waals surface area contributed by atoms with Crippen molar-refractivity contribution in [2.24, 2.45) is 5.92 Å². The molecule has 0 saturated carbocycles. The van der Waals surface area contributed by atoms with E-state index in [9.17, 15) is 13.2 Å². The van der Waals surface area contributed by atoms with Crippen LogP contribution in [0.1, 0.15) is 39.0 Å². The Morgan fingerprint density at radius 1 is 1.08 bits per heavy atom. The molecule has 192 valence electrons. The average molecular weight is 518 g/mol. The zero-order valence-electron chi connectivity index (χ0n) is 21.0. The summed E-state index contributed by atoms with van der Waals surface area (Å²) in [5, 5.41) is 2.21. The SMILES string of the molecule is C[C@@H]1CN(c2nc(-c3ccc4ccccc4c3)ccc2C(=O)NS(=O)(=O)c2cccnc2N)C(C)(C)C1.[HH]. The van der Waals surface area contributed by atoms with Crippen LogP contribution in [-0.2, 0) is 10.0 Å². The summed E-state index contributed by atoms with van der Waals surface area (Å²) < 4.78 is 28.1. The predicted octanol–water partition coefficient (Wildman–Crippen LogP) is 4.87. The zero-order valence-corrected chi connectivity index (χ0v) is 21.8. The van der Waals surface area contributed by atoms with Crippen LogP contribution in [0.25, 0.3) is 22.0 Å². The van der Waals surface area contributed by atoms with Gasteiger partial charge in [0.1, 0.15) is 16.5 Å². The van der Waals surface area contributed by atoms with E-state index in [-0.39, 0.29) is 23.2 Å². The summed E-state index contributed by atoms with van der Waals surface area (Å²) in [6.45, 7) is 7.07. The number of nitrogens with two attached hydrogens (primary N) is 1. The molecule has 1 atom stereocenters. The van der Waals surface area contributed by atoms with E-state index < -0.39 is 15.9 Å². The van der Waals surface area contributed by atoms with Crippen molar-refractivity contribution < 1.29 is 14.6 Å². The summed E-state index contributed by atoms with van der Waals surface area (Å²) in [5.74, 6) is -0.115. The molecule has 0 aliphatic carbocycles. The van der Waals surface area contributed by atoms with Gasteiger partial charge < -0.3 is 10.6 Å². The van der Waals surface area contributed by atoms with Crippen molar-refractivity contribution in [1.82, 2.24) is 14.7 Å². The highest BCUT2D eigenvalue weighted by molar-refractivity contribution is 7.90. The number of carbonyl (C=O) groups is 1. The van der Waals surface area contributed by atoms with Crippen molar-refractivity contribution >= 4 is 38.3 Å². The smallest absolute Gasteiger partial charge is 0.268 e. The molecule has 0 unspecified atom stereocenters. The maximum atomic E-state index is 13.4. The molecule has 3 heterocycles. The van der Waals surface area contributed by atoms with Crippen LogP contribution in [0, 0.1) is 5.92 Å². The quantitative estimate of drug-likeness (QED) is 0.388. The number of hydrogen-bond acceptors (Lipinski definition) is 7. The third-order valence-electron chi connectivity index (χ3n) is 6.81. The first-order valence-electron chi connectivity index (χ1n) is 12.1. The molecule has 1 aliphatic rings. The van der Waals surface area contributed by atoms with Gasteiger partial charge in [0.25, 0.3) is 15.9 Å². The number of nitrogens with one attached hydrogen (secondary N) is 1. The fourth-order valence-electron chi connectivity index (χ4n) is 5.16. The molecule has 2 aromatic heterocycles. The third-order valence-corrected chi connectivity index (χ3v) is 8.19. The lowest BCUT2D eigenvalue weighted by Gasteiger charge is -2.34. The number of fused-ring (bicyclic) bond motifs is 1. The van der Waals surface area contributed by atoms with Gasteiger partial charge in [0.15, 0.2) is 0 Å². The number of rotatable bonds is 5. The van der Waals surface area contributed by atoms with Crippen LogP contribution in [0.15, 0.2) is 77.8 Å². The number of pyridine rings is 2. The first-order valence-corrected chi connectivity index (χ1v) is 13.6. The Labute approximate surface area is 218 Å². The summed E-state index contributed by atoms with van der Waals surface area (Å²) in [6, 6.07) is 20.3. The largest absolute Gasteiger partial charge is 0.383 e. The lowest BCUT2D eigenvalue weighted by molar-refractivity contribution is 0.0981. The average Bonchev–Trinajstić information content (AvgIpc) is 3.14. The second-order valence-electron chi connectivity index (χ2n) is 10.2. The van der Waals surface area contributed by atoms with Crippen molar-refractivity contribution in [1.29, 1.82) is 0 Å². The molecule has 4 aromatic rings. The number of nitrogen functional groups attached to an aromatic ring is 1. The van der Waals surface area contributed by atoms with Crippen LogP contribution in [0.3, 0.4) is 0 Å².